The molecule has 4 nitrogen and oxygen atoms in total. The van der Waals surface area contributed by atoms with Crippen LogP contribution in [0.2, 0.25) is 0 Å². The highest BCUT2D eigenvalue weighted by atomic mass is 32.2. The quantitative estimate of drug-likeness (QED) is 0.165. The molecule has 0 aliphatic carbocycles. The number of allylic oxidation sites excluding steroid dienone is 6. The van der Waals surface area contributed by atoms with Crippen LogP contribution in [0.5, 0.6) is 0 Å². The van der Waals surface area contributed by atoms with E-state index in [1.54, 1.807) is 26.0 Å². The molecular weight excluding hydrogens is 444 g/mol. The standard InChI is InChI=1S/C29H42O4S/c1-8-33-29(30)21-26(7)20-28(34(31,32)27-17-15-24(5)16-18-27)19-25(6)14-10-13-23(4)12-9-11-22(2)3/h11,13,15-19,21,28H,8-10,12,14,20H2,1-7H3. The first-order valence-corrected chi connectivity index (χ1v) is 13.6. The van der Waals surface area contributed by atoms with Crippen LogP contribution >= 0.6 is 0 Å². The third kappa shape index (κ3) is 11.1. The second-order valence-corrected chi connectivity index (χ2v) is 11.4. The van der Waals surface area contributed by atoms with Crippen molar-refractivity contribution >= 4 is 15.8 Å². The van der Waals surface area contributed by atoms with Crippen LogP contribution in [0.25, 0.3) is 0 Å². The number of ether oxygens (including phenoxy) is 1. The van der Waals surface area contributed by atoms with Crippen molar-refractivity contribution < 1.29 is 17.9 Å². The molecule has 0 fully saturated rings. The Morgan fingerprint density at radius 3 is 2.09 bits per heavy atom. The van der Waals surface area contributed by atoms with Gasteiger partial charge in [-0.15, -0.1) is 0 Å². The zero-order valence-corrected chi connectivity index (χ0v) is 22.8. The summed E-state index contributed by atoms with van der Waals surface area (Å²) in [5.41, 5.74) is 5.39. The van der Waals surface area contributed by atoms with E-state index in [2.05, 4.69) is 32.9 Å². The maximum Gasteiger partial charge on any atom is 0.330 e. The van der Waals surface area contributed by atoms with Gasteiger partial charge in [0.2, 0.25) is 0 Å². The molecule has 5 heteroatoms. The summed E-state index contributed by atoms with van der Waals surface area (Å²) in [7, 11) is -3.61. The number of rotatable bonds is 13. The molecule has 0 saturated carbocycles. The van der Waals surface area contributed by atoms with Gasteiger partial charge in [-0.25, -0.2) is 13.2 Å². The number of hydrogen-bond donors (Lipinski definition) is 0. The number of aryl methyl sites for hydroxylation is 1. The van der Waals surface area contributed by atoms with Gasteiger partial charge in [0.15, 0.2) is 9.84 Å². The topological polar surface area (TPSA) is 60.4 Å². The largest absolute Gasteiger partial charge is 0.463 e. The van der Waals surface area contributed by atoms with E-state index in [1.807, 2.05) is 32.1 Å². The summed E-state index contributed by atoms with van der Waals surface area (Å²) in [4.78, 5) is 12.2. The van der Waals surface area contributed by atoms with Gasteiger partial charge in [0.1, 0.15) is 0 Å². The van der Waals surface area contributed by atoms with Crippen molar-refractivity contribution in [3.8, 4) is 0 Å². The van der Waals surface area contributed by atoms with E-state index in [0.717, 1.165) is 36.8 Å². The zero-order chi connectivity index (χ0) is 25.7. The average molecular weight is 487 g/mol. The predicted molar refractivity (Wildman–Crippen MR) is 143 cm³/mol. The summed E-state index contributed by atoms with van der Waals surface area (Å²) in [6.45, 7) is 14.1. The molecule has 0 spiro atoms. The first-order valence-electron chi connectivity index (χ1n) is 12.1. The number of carbonyl (C=O) groups is 1. The van der Waals surface area contributed by atoms with Gasteiger partial charge >= 0.3 is 5.97 Å². The van der Waals surface area contributed by atoms with Gasteiger partial charge < -0.3 is 4.74 Å². The SMILES string of the molecule is CCOC(=O)C=C(C)CC(C=C(C)CCC=C(C)CCC=C(C)C)S(=O)(=O)c1ccc(C)cc1. The molecule has 0 aliphatic heterocycles. The molecule has 0 aliphatic rings. The Labute approximate surface area is 207 Å². The molecule has 188 valence electrons. The van der Waals surface area contributed by atoms with Crippen LogP contribution in [0.1, 0.15) is 79.2 Å². The third-order valence-corrected chi connectivity index (χ3v) is 7.54. The molecule has 1 rings (SSSR count). The summed E-state index contributed by atoms with van der Waals surface area (Å²) >= 11 is 0. The first-order chi connectivity index (χ1) is 15.9. The van der Waals surface area contributed by atoms with E-state index in [-0.39, 0.29) is 13.0 Å². The molecule has 0 bridgehead atoms. The van der Waals surface area contributed by atoms with Gasteiger partial charge in [-0.3, -0.25) is 0 Å². The molecule has 0 aromatic heterocycles. The van der Waals surface area contributed by atoms with Crippen molar-refractivity contribution in [2.45, 2.75) is 90.7 Å². The van der Waals surface area contributed by atoms with E-state index in [9.17, 15) is 13.2 Å². The maximum atomic E-state index is 13.5. The number of carbonyl (C=O) groups excluding carboxylic acids is 1. The number of sulfone groups is 1. The highest BCUT2D eigenvalue weighted by Gasteiger charge is 2.26. The summed E-state index contributed by atoms with van der Waals surface area (Å²) in [5.74, 6) is -0.444. The Balaban J connectivity index is 3.07. The molecule has 34 heavy (non-hydrogen) atoms. The Hall–Kier alpha value is -2.40. The molecule has 0 radical (unpaired) electrons. The molecule has 1 unspecified atom stereocenters. The number of benzene rings is 1. The molecule has 1 atom stereocenters. The van der Waals surface area contributed by atoms with Crippen LogP contribution in [-0.4, -0.2) is 26.2 Å². The van der Waals surface area contributed by atoms with Crippen LogP contribution in [0.15, 0.2) is 75.8 Å². The number of hydrogen-bond acceptors (Lipinski definition) is 4. The molecular formula is C29H42O4S. The Bertz CT molecular complexity index is 1020. The lowest BCUT2D eigenvalue weighted by Crippen LogP contribution is -2.21. The maximum absolute atomic E-state index is 13.5. The average Bonchev–Trinajstić information content (AvgIpc) is 2.73. The van der Waals surface area contributed by atoms with E-state index < -0.39 is 21.1 Å². The van der Waals surface area contributed by atoms with Crippen LogP contribution in [0.3, 0.4) is 0 Å². The first kappa shape index (κ1) is 29.6. The predicted octanol–water partition coefficient (Wildman–Crippen LogP) is 7.46. The van der Waals surface area contributed by atoms with Gasteiger partial charge in [0, 0.05) is 6.08 Å². The second-order valence-electron chi connectivity index (χ2n) is 9.27. The summed E-state index contributed by atoms with van der Waals surface area (Å²) in [6.07, 6.45) is 11.7. The van der Waals surface area contributed by atoms with Crippen molar-refractivity contribution in [3.63, 3.8) is 0 Å². The van der Waals surface area contributed by atoms with Gasteiger partial charge in [0.05, 0.1) is 16.8 Å². The lowest BCUT2D eigenvalue weighted by atomic mass is 10.0. The van der Waals surface area contributed by atoms with Crippen LogP contribution in [0, 0.1) is 6.92 Å². The normalized spacial score (nSPS) is 14.0. The minimum Gasteiger partial charge on any atom is -0.463 e. The van der Waals surface area contributed by atoms with Crippen molar-refractivity contribution in [1.29, 1.82) is 0 Å². The molecule has 0 heterocycles. The minimum absolute atomic E-state index is 0.240. The Morgan fingerprint density at radius 1 is 0.912 bits per heavy atom. The Kier molecular flexibility index (Phi) is 12.9. The molecule has 0 N–H and O–H groups in total. The minimum atomic E-state index is -3.61. The van der Waals surface area contributed by atoms with Crippen molar-refractivity contribution in [2.75, 3.05) is 6.61 Å². The highest BCUT2D eigenvalue weighted by Crippen LogP contribution is 2.25. The van der Waals surface area contributed by atoms with Gasteiger partial charge in [0.25, 0.3) is 0 Å². The summed E-state index contributed by atoms with van der Waals surface area (Å²) in [6, 6.07) is 6.93. The fraction of sp³-hybridized carbons (Fsp3) is 0.483. The van der Waals surface area contributed by atoms with Gasteiger partial charge in [-0.05, 0) is 92.7 Å². The highest BCUT2D eigenvalue weighted by molar-refractivity contribution is 7.92. The molecule has 1 aromatic rings. The lowest BCUT2D eigenvalue weighted by molar-refractivity contribution is -0.137. The molecule has 0 saturated heterocycles. The van der Waals surface area contributed by atoms with Gasteiger partial charge in [-0.1, -0.05) is 58.2 Å². The fourth-order valence-corrected chi connectivity index (χ4v) is 5.32. The van der Waals surface area contributed by atoms with Crippen molar-refractivity contribution in [3.05, 3.63) is 76.4 Å². The van der Waals surface area contributed by atoms with E-state index in [1.165, 1.54) is 17.2 Å². The second kappa shape index (κ2) is 14.8. The van der Waals surface area contributed by atoms with E-state index in [0.29, 0.717) is 10.5 Å². The third-order valence-electron chi connectivity index (χ3n) is 5.52. The number of esters is 1. The zero-order valence-electron chi connectivity index (χ0n) is 22.0. The summed E-state index contributed by atoms with van der Waals surface area (Å²) < 4.78 is 31.9. The van der Waals surface area contributed by atoms with Crippen LogP contribution in [-0.2, 0) is 19.4 Å². The van der Waals surface area contributed by atoms with Crippen molar-refractivity contribution in [2.24, 2.45) is 0 Å². The van der Waals surface area contributed by atoms with Crippen LogP contribution in [0.4, 0.5) is 0 Å². The molecule has 0 amide bonds. The van der Waals surface area contributed by atoms with E-state index in [4.69, 9.17) is 4.74 Å². The smallest absolute Gasteiger partial charge is 0.330 e. The lowest BCUT2D eigenvalue weighted by Gasteiger charge is -2.16. The summed E-state index contributed by atoms with van der Waals surface area (Å²) in [5, 5.41) is -0.747. The van der Waals surface area contributed by atoms with Gasteiger partial charge in [-0.2, -0.15) is 0 Å². The Morgan fingerprint density at radius 2 is 1.50 bits per heavy atom. The fourth-order valence-electron chi connectivity index (χ4n) is 3.56. The van der Waals surface area contributed by atoms with E-state index >= 15 is 0 Å². The van der Waals surface area contributed by atoms with Crippen LogP contribution < -0.4 is 0 Å². The molecule has 1 aromatic carbocycles. The monoisotopic (exact) mass is 486 g/mol. The van der Waals surface area contributed by atoms with Crippen molar-refractivity contribution in [1.82, 2.24) is 0 Å².